The number of hydrogen-bond acceptors (Lipinski definition) is 4. The van der Waals surface area contributed by atoms with Crippen LogP contribution in [-0.4, -0.2) is 36.9 Å². The molecule has 5 nitrogen and oxygen atoms in total. The summed E-state index contributed by atoms with van der Waals surface area (Å²) in [5.41, 5.74) is 0. The van der Waals surface area contributed by atoms with Gasteiger partial charge < -0.3 is 4.74 Å². The standard InChI is InChI=1S/C15H18FNO4S.C2H6/c1-10(16)21-14-4-6-15(7-5-14)22(19,20)17-11-2-3-12(17)9-13(18)8-11;1-2/h4-7,10-12H,2-3,8-9H2,1H3;1-2H3. The molecule has 2 fully saturated rings. The van der Waals surface area contributed by atoms with Crippen LogP contribution in [0, 0.1) is 0 Å². The minimum atomic E-state index is -3.63. The molecular weight excluding hydrogens is 333 g/mol. The molecule has 3 atom stereocenters. The molecule has 0 aliphatic carbocycles. The smallest absolute Gasteiger partial charge is 0.243 e. The number of benzene rings is 1. The van der Waals surface area contributed by atoms with Crippen LogP contribution in [0.25, 0.3) is 0 Å². The number of carbonyl (C=O) groups excluding carboxylic acids is 1. The predicted molar refractivity (Wildman–Crippen MR) is 89.1 cm³/mol. The Kier molecular flexibility index (Phi) is 5.98. The summed E-state index contributed by atoms with van der Waals surface area (Å²) in [4.78, 5) is 11.8. The molecule has 0 N–H and O–H groups in total. The average Bonchev–Trinajstić information content (AvgIpc) is 2.82. The van der Waals surface area contributed by atoms with Gasteiger partial charge in [-0.25, -0.2) is 12.8 Å². The third kappa shape index (κ3) is 3.78. The fraction of sp³-hybridized carbons (Fsp3) is 0.588. The van der Waals surface area contributed by atoms with Crippen LogP contribution in [0.5, 0.6) is 5.75 Å². The molecule has 7 heteroatoms. The van der Waals surface area contributed by atoms with E-state index in [1.807, 2.05) is 13.8 Å². The van der Waals surface area contributed by atoms with Gasteiger partial charge in [0.05, 0.1) is 4.90 Å². The largest absolute Gasteiger partial charge is 0.461 e. The number of sulfonamides is 1. The number of fused-ring (bicyclic) bond motifs is 2. The predicted octanol–water partition coefficient (Wildman–Crippen LogP) is 3.29. The van der Waals surface area contributed by atoms with Crippen molar-refractivity contribution >= 4 is 15.8 Å². The first-order valence-electron chi connectivity index (χ1n) is 8.34. The summed E-state index contributed by atoms with van der Waals surface area (Å²) in [6, 6.07) is 5.28. The van der Waals surface area contributed by atoms with E-state index in [1.54, 1.807) is 0 Å². The van der Waals surface area contributed by atoms with Gasteiger partial charge in [-0.2, -0.15) is 4.31 Å². The van der Waals surface area contributed by atoms with E-state index in [9.17, 15) is 17.6 Å². The zero-order chi connectivity index (χ0) is 17.9. The lowest BCUT2D eigenvalue weighted by Crippen LogP contribution is -2.46. The van der Waals surface area contributed by atoms with Gasteiger partial charge >= 0.3 is 0 Å². The highest BCUT2D eigenvalue weighted by Gasteiger charge is 2.46. The van der Waals surface area contributed by atoms with Crippen molar-refractivity contribution in [2.24, 2.45) is 0 Å². The van der Waals surface area contributed by atoms with Crippen molar-refractivity contribution in [3.05, 3.63) is 24.3 Å². The van der Waals surface area contributed by atoms with Crippen molar-refractivity contribution in [3.8, 4) is 5.75 Å². The van der Waals surface area contributed by atoms with Crippen LogP contribution in [0.15, 0.2) is 29.2 Å². The molecule has 0 radical (unpaired) electrons. The summed E-state index contributed by atoms with van der Waals surface area (Å²) in [6.45, 7) is 5.26. The van der Waals surface area contributed by atoms with E-state index in [0.717, 1.165) is 12.8 Å². The third-order valence-electron chi connectivity index (χ3n) is 4.18. The Bertz CT molecular complexity index is 656. The Labute approximate surface area is 142 Å². The monoisotopic (exact) mass is 357 g/mol. The second-order valence-electron chi connectivity index (χ2n) is 5.80. The van der Waals surface area contributed by atoms with Gasteiger partial charge in [-0.3, -0.25) is 4.79 Å². The van der Waals surface area contributed by atoms with Crippen molar-refractivity contribution in [2.45, 2.75) is 69.8 Å². The van der Waals surface area contributed by atoms with E-state index in [1.165, 1.54) is 35.5 Å². The number of halogens is 1. The summed E-state index contributed by atoms with van der Waals surface area (Å²) < 4.78 is 44.7. The maximum Gasteiger partial charge on any atom is 0.243 e. The van der Waals surface area contributed by atoms with E-state index in [0.29, 0.717) is 12.8 Å². The molecule has 0 amide bonds. The van der Waals surface area contributed by atoms with E-state index < -0.39 is 16.4 Å². The maximum absolute atomic E-state index is 12.8. The lowest BCUT2D eigenvalue weighted by Gasteiger charge is -2.32. The van der Waals surface area contributed by atoms with Crippen molar-refractivity contribution in [1.29, 1.82) is 0 Å². The molecular formula is C17H24FNO4S. The van der Waals surface area contributed by atoms with Gasteiger partial charge in [0.15, 0.2) is 0 Å². The highest BCUT2D eigenvalue weighted by Crippen LogP contribution is 2.38. The number of alkyl halides is 1. The van der Waals surface area contributed by atoms with Crippen LogP contribution in [0.4, 0.5) is 4.39 Å². The Morgan fingerprint density at radius 1 is 1.12 bits per heavy atom. The first-order chi connectivity index (χ1) is 11.4. The minimum Gasteiger partial charge on any atom is -0.461 e. The zero-order valence-corrected chi connectivity index (χ0v) is 15.1. The van der Waals surface area contributed by atoms with Crippen molar-refractivity contribution in [3.63, 3.8) is 0 Å². The van der Waals surface area contributed by atoms with Crippen LogP contribution in [-0.2, 0) is 14.8 Å². The Balaban J connectivity index is 0.00000100. The van der Waals surface area contributed by atoms with E-state index >= 15 is 0 Å². The summed E-state index contributed by atoms with van der Waals surface area (Å²) in [5.74, 6) is 0.422. The van der Waals surface area contributed by atoms with Crippen LogP contribution < -0.4 is 4.74 Å². The first-order valence-corrected chi connectivity index (χ1v) is 9.78. The lowest BCUT2D eigenvalue weighted by atomic mass is 10.0. The van der Waals surface area contributed by atoms with Crippen LogP contribution in [0.3, 0.4) is 0 Å². The lowest BCUT2D eigenvalue weighted by molar-refractivity contribution is -0.122. The van der Waals surface area contributed by atoms with Gasteiger partial charge in [0, 0.05) is 31.8 Å². The Morgan fingerprint density at radius 2 is 1.62 bits per heavy atom. The number of rotatable bonds is 4. The van der Waals surface area contributed by atoms with E-state index in [2.05, 4.69) is 0 Å². The molecule has 0 spiro atoms. The SMILES string of the molecule is CC.CC(F)Oc1ccc(S(=O)(=O)N2C3CCC2CC(=O)C3)cc1. The second-order valence-corrected chi connectivity index (χ2v) is 7.64. The van der Waals surface area contributed by atoms with Crippen LogP contribution in [0.2, 0.25) is 0 Å². The van der Waals surface area contributed by atoms with Gasteiger partial charge in [0.2, 0.25) is 16.4 Å². The molecule has 2 heterocycles. The Hall–Kier alpha value is -1.47. The fourth-order valence-electron chi connectivity index (χ4n) is 3.32. The number of piperidine rings is 1. The normalized spacial score (nSPS) is 24.9. The minimum absolute atomic E-state index is 0.139. The number of carbonyl (C=O) groups is 1. The highest BCUT2D eigenvalue weighted by molar-refractivity contribution is 7.89. The summed E-state index contributed by atoms with van der Waals surface area (Å²) in [5, 5.41) is 0. The number of ketones is 1. The quantitative estimate of drug-likeness (QED) is 0.829. The van der Waals surface area contributed by atoms with E-state index in [-0.39, 0.29) is 28.5 Å². The van der Waals surface area contributed by atoms with Crippen molar-refractivity contribution in [1.82, 2.24) is 4.31 Å². The first kappa shape index (κ1) is 18.9. The molecule has 0 aromatic heterocycles. The third-order valence-corrected chi connectivity index (χ3v) is 6.20. The molecule has 0 saturated carbocycles. The van der Waals surface area contributed by atoms with Gasteiger partial charge in [0.25, 0.3) is 0 Å². The molecule has 1 aromatic rings. The van der Waals surface area contributed by atoms with E-state index in [4.69, 9.17) is 4.74 Å². The fourth-order valence-corrected chi connectivity index (χ4v) is 5.19. The van der Waals surface area contributed by atoms with Gasteiger partial charge in [-0.1, -0.05) is 13.8 Å². The number of nitrogens with zero attached hydrogens (tertiary/aromatic N) is 1. The molecule has 24 heavy (non-hydrogen) atoms. The number of hydrogen-bond donors (Lipinski definition) is 0. The average molecular weight is 357 g/mol. The van der Waals surface area contributed by atoms with Gasteiger partial charge in [-0.15, -0.1) is 0 Å². The van der Waals surface area contributed by atoms with Gasteiger partial charge in [-0.05, 0) is 37.1 Å². The molecule has 3 rings (SSSR count). The van der Waals surface area contributed by atoms with Crippen LogP contribution >= 0.6 is 0 Å². The molecule has 134 valence electrons. The van der Waals surface area contributed by atoms with Gasteiger partial charge in [0.1, 0.15) is 11.5 Å². The molecule has 2 bridgehead atoms. The second kappa shape index (κ2) is 7.61. The maximum atomic E-state index is 12.8. The summed E-state index contributed by atoms with van der Waals surface area (Å²) >= 11 is 0. The summed E-state index contributed by atoms with van der Waals surface area (Å²) in [6.07, 6.45) is 0.616. The molecule has 1 aromatic carbocycles. The topological polar surface area (TPSA) is 63.7 Å². The Morgan fingerprint density at radius 3 is 2.08 bits per heavy atom. The van der Waals surface area contributed by atoms with Crippen molar-refractivity contribution in [2.75, 3.05) is 0 Å². The highest BCUT2D eigenvalue weighted by atomic mass is 32.2. The van der Waals surface area contributed by atoms with Crippen molar-refractivity contribution < 1.29 is 22.3 Å². The molecule has 2 aliphatic heterocycles. The molecule has 3 unspecified atom stereocenters. The zero-order valence-electron chi connectivity index (χ0n) is 14.2. The molecule has 2 aliphatic rings. The number of Topliss-reactive ketones (excluding diaryl/α,β-unsaturated/α-hetero) is 1. The number of ether oxygens (including phenoxy) is 1. The molecule has 2 saturated heterocycles. The summed E-state index contributed by atoms with van der Waals surface area (Å²) in [7, 11) is -3.63. The van der Waals surface area contributed by atoms with Crippen LogP contribution in [0.1, 0.15) is 46.5 Å².